The van der Waals surface area contributed by atoms with Crippen molar-refractivity contribution in [3.8, 4) is 0 Å². The Morgan fingerprint density at radius 2 is 1.95 bits per heavy atom. The number of halogens is 1. The molecule has 1 fully saturated rings. The van der Waals surface area contributed by atoms with Crippen molar-refractivity contribution in [2.24, 2.45) is 5.92 Å². The molecular weight excluding hydrogens is 268 g/mol. The lowest BCUT2D eigenvalue weighted by Gasteiger charge is -2.28. The molecule has 112 valence electrons. The molecule has 0 aliphatic heterocycles. The second-order valence-corrected chi connectivity index (χ2v) is 7.01. The topological polar surface area (TPSA) is 15.3 Å². The van der Waals surface area contributed by atoms with E-state index >= 15 is 0 Å². The summed E-state index contributed by atoms with van der Waals surface area (Å²) in [6.45, 7) is 10.8. The number of rotatable bonds is 7. The highest BCUT2D eigenvalue weighted by atomic mass is 35.5. The standard InChI is InChI=1S/C17H27ClN2/c1-12(2)11-20(15-6-7-15)17-8-5-14(9-16(17)18)10-19-13(3)4/h5,8-9,12-13,15,19H,6-7,10-11H2,1-4H3. The Balaban J connectivity index is 2.10. The van der Waals surface area contributed by atoms with Gasteiger partial charge in [-0.05, 0) is 36.5 Å². The zero-order valence-corrected chi connectivity index (χ0v) is 13.9. The third kappa shape index (κ3) is 4.39. The molecule has 1 aliphatic carbocycles. The Morgan fingerprint density at radius 3 is 2.45 bits per heavy atom. The molecule has 0 atom stereocenters. The summed E-state index contributed by atoms with van der Waals surface area (Å²) in [4.78, 5) is 2.49. The van der Waals surface area contributed by atoms with Crippen molar-refractivity contribution < 1.29 is 0 Å². The number of benzene rings is 1. The molecule has 20 heavy (non-hydrogen) atoms. The van der Waals surface area contributed by atoms with E-state index in [-0.39, 0.29) is 0 Å². The van der Waals surface area contributed by atoms with Gasteiger partial charge in [-0.3, -0.25) is 0 Å². The molecular formula is C17H27ClN2. The third-order valence-electron chi connectivity index (χ3n) is 3.59. The molecule has 1 aromatic rings. The first-order chi connectivity index (χ1) is 9.47. The summed E-state index contributed by atoms with van der Waals surface area (Å²) in [7, 11) is 0. The minimum atomic E-state index is 0.498. The molecule has 1 aromatic carbocycles. The van der Waals surface area contributed by atoms with Crippen LogP contribution in [0.25, 0.3) is 0 Å². The van der Waals surface area contributed by atoms with Crippen LogP contribution in [0.1, 0.15) is 46.1 Å². The molecule has 0 unspecified atom stereocenters. The fraction of sp³-hybridized carbons (Fsp3) is 0.647. The van der Waals surface area contributed by atoms with Gasteiger partial charge in [-0.2, -0.15) is 0 Å². The van der Waals surface area contributed by atoms with Gasteiger partial charge in [-0.1, -0.05) is 45.4 Å². The molecule has 1 saturated carbocycles. The molecule has 0 spiro atoms. The average Bonchev–Trinajstić information content (AvgIpc) is 3.18. The van der Waals surface area contributed by atoms with E-state index in [0.29, 0.717) is 18.0 Å². The predicted molar refractivity (Wildman–Crippen MR) is 88.6 cm³/mol. The SMILES string of the molecule is CC(C)CN(c1ccc(CNC(C)C)cc1Cl)C1CC1. The van der Waals surface area contributed by atoms with Crippen molar-refractivity contribution >= 4 is 17.3 Å². The van der Waals surface area contributed by atoms with E-state index in [2.05, 4.69) is 56.1 Å². The summed E-state index contributed by atoms with van der Waals surface area (Å²) in [5, 5.41) is 4.32. The smallest absolute Gasteiger partial charge is 0.0642 e. The maximum absolute atomic E-state index is 6.53. The molecule has 0 heterocycles. The van der Waals surface area contributed by atoms with Crippen LogP contribution >= 0.6 is 11.6 Å². The fourth-order valence-electron chi connectivity index (χ4n) is 2.44. The van der Waals surface area contributed by atoms with E-state index in [1.807, 2.05) is 0 Å². The van der Waals surface area contributed by atoms with Crippen LogP contribution < -0.4 is 10.2 Å². The van der Waals surface area contributed by atoms with Gasteiger partial charge in [0.25, 0.3) is 0 Å². The monoisotopic (exact) mass is 294 g/mol. The molecule has 1 N–H and O–H groups in total. The van der Waals surface area contributed by atoms with E-state index in [0.717, 1.165) is 18.1 Å². The highest BCUT2D eigenvalue weighted by Gasteiger charge is 2.30. The quantitative estimate of drug-likeness (QED) is 0.798. The van der Waals surface area contributed by atoms with Crippen LogP contribution in [-0.2, 0) is 6.54 Å². The van der Waals surface area contributed by atoms with E-state index < -0.39 is 0 Å². The van der Waals surface area contributed by atoms with Crippen molar-refractivity contribution in [2.75, 3.05) is 11.4 Å². The number of anilines is 1. The van der Waals surface area contributed by atoms with E-state index in [1.165, 1.54) is 24.1 Å². The number of nitrogens with zero attached hydrogens (tertiary/aromatic N) is 1. The van der Waals surface area contributed by atoms with Crippen molar-refractivity contribution in [3.63, 3.8) is 0 Å². The van der Waals surface area contributed by atoms with Gasteiger partial charge in [-0.15, -0.1) is 0 Å². The second-order valence-electron chi connectivity index (χ2n) is 6.60. The van der Waals surface area contributed by atoms with Crippen LogP contribution in [0.3, 0.4) is 0 Å². The Morgan fingerprint density at radius 1 is 1.25 bits per heavy atom. The van der Waals surface area contributed by atoms with Crippen LogP contribution in [-0.4, -0.2) is 18.6 Å². The molecule has 0 aromatic heterocycles. The van der Waals surface area contributed by atoms with E-state index in [9.17, 15) is 0 Å². The van der Waals surface area contributed by atoms with Crippen molar-refractivity contribution in [1.82, 2.24) is 5.32 Å². The summed E-state index contributed by atoms with van der Waals surface area (Å²) < 4.78 is 0. The van der Waals surface area contributed by atoms with Gasteiger partial charge in [-0.25, -0.2) is 0 Å². The Labute approximate surface area is 128 Å². The molecule has 1 aliphatic rings. The Kier molecular flexibility index (Phi) is 5.34. The Bertz CT molecular complexity index is 439. The molecule has 0 radical (unpaired) electrons. The minimum Gasteiger partial charge on any atom is -0.367 e. The normalized spacial score (nSPS) is 15.2. The molecule has 0 bridgehead atoms. The van der Waals surface area contributed by atoms with Gasteiger partial charge in [0.1, 0.15) is 0 Å². The van der Waals surface area contributed by atoms with Crippen LogP contribution in [0, 0.1) is 5.92 Å². The first-order valence-corrected chi connectivity index (χ1v) is 8.13. The molecule has 2 rings (SSSR count). The van der Waals surface area contributed by atoms with Gasteiger partial charge in [0.05, 0.1) is 10.7 Å². The van der Waals surface area contributed by atoms with Crippen LogP contribution in [0.15, 0.2) is 18.2 Å². The lowest BCUT2D eigenvalue weighted by molar-refractivity contribution is 0.588. The van der Waals surface area contributed by atoms with Crippen LogP contribution in [0.2, 0.25) is 5.02 Å². The largest absolute Gasteiger partial charge is 0.367 e. The highest BCUT2D eigenvalue weighted by Crippen LogP contribution is 2.36. The lowest BCUT2D eigenvalue weighted by Crippen LogP contribution is -2.30. The molecule has 2 nitrogen and oxygen atoms in total. The third-order valence-corrected chi connectivity index (χ3v) is 3.89. The molecule has 3 heteroatoms. The van der Waals surface area contributed by atoms with Gasteiger partial charge in [0.2, 0.25) is 0 Å². The number of hydrogen-bond donors (Lipinski definition) is 1. The zero-order valence-electron chi connectivity index (χ0n) is 13.1. The molecule has 0 amide bonds. The summed E-state index contributed by atoms with van der Waals surface area (Å²) in [5.41, 5.74) is 2.46. The first kappa shape index (κ1) is 15.7. The van der Waals surface area contributed by atoms with Gasteiger partial charge >= 0.3 is 0 Å². The van der Waals surface area contributed by atoms with Crippen molar-refractivity contribution in [2.45, 2.75) is 59.2 Å². The van der Waals surface area contributed by atoms with Crippen LogP contribution in [0.5, 0.6) is 0 Å². The fourth-order valence-corrected chi connectivity index (χ4v) is 2.75. The maximum atomic E-state index is 6.53. The summed E-state index contributed by atoms with van der Waals surface area (Å²) in [5.74, 6) is 0.661. The number of nitrogens with one attached hydrogen (secondary N) is 1. The van der Waals surface area contributed by atoms with Crippen LogP contribution in [0.4, 0.5) is 5.69 Å². The Hall–Kier alpha value is -0.730. The van der Waals surface area contributed by atoms with E-state index in [1.54, 1.807) is 0 Å². The van der Waals surface area contributed by atoms with Gasteiger partial charge < -0.3 is 10.2 Å². The maximum Gasteiger partial charge on any atom is 0.0642 e. The van der Waals surface area contributed by atoms with Gasteiger partial charge in [0, 0.05) is 25.2 Å². The van der Waals surface area contributed by atoms with Crippen molar-refractivity contribution in [3.05, 3.63) is 28.8 Å². The van der Waals surface area contributed by atoms with Gasteiger partial charge in [0.15, 0.2) is 0 Å². The predicted octanol–water partition coefficient (Wildman–Crippen LogP) is 4.46. The summed E-state index contributed by atoms with van der Waals surface area (Å²) >= 11 is 6.53. The summed E-state index contributed by atoms with van der Waals surface area (Å²) in [6.07, 6.45) is 2.61. The lowest BCUT2D eigenvalue weighted by atomic mass is 10.1. The first-order valence-electron chi connectivity index (χ1n) is 7.75. The summed E-state index contributed by atoms with van der Waals surface area (Å²) in [6, 6.07) is 7.71. The minimum absolute atomic E-state index is 0.498. The zero-order chi connectivity index (χ0) is 14.7. The average molecular weight is 295 g/mol. The highest BCUT2D eigenvalue weighted by molar-refractivity contribution is 6.33. The van der Waals surface area contributed by atoms with Crippen molar-refractivity contribution in [1.29, 1.82) is 0 Å². The second kappa shape index (κ2) is 6.82. The molecule has 0 saturated heterocycles. The number of hydrogen-bond acceptors (Lipinski definition) is 2. The van der Waals surface area contributed by atoms with E-state index in [4.69, 9.17) is 11.6 Å².